The summed E-state index contributed by atoms with van der Waals surface area (Å²) in [5.41, 5.74) is 0.714. The molecule has 0 aliphatic rings. The Morgan fingerprint density at radius 3 is 2.80 bits per heavy atom. The Hall–Kier alpha value is -2.64. The lowest BCUT2D eigenvalue weighted by atomic mass is 10.3. The van der Waals surface area contributed by atoms with Gasteiger partial charge in [0.05, 0.1) is 11.0 Å². The third-order valence-corrected chi connectivity index (χ3v) is 2.73. The Balaban J connectivity index is 2.24. The fourth-order valence-corrected chi connectivity index (χ4v) is 1.72. The zero-order chi connectivity index (χ0) is 14.9. The number of amides is 1. The van der Waals surface area contributed by atoms with E-state index in [4.69, 9.17) is 4.42 Å². The minimum atomic E-state index is -0.507. The Morgan fingerprint density at radius 1 is 1.50 bits per heavy atom. The van der Waals surface area contributed by atoms with Crippen molar-refractivity contribution >= 4 is 28.7 Å². The van der Waals surface area contributed by atoms with Gasteiger partial charge in [-0.05, 0) is 13.0 Å². The molecule has 0 aliphatic heterocycles. The van der Waals surface area contributed by atoms with Crippen molar-refractivity contribution in [2.75, 3.05) is 19.4 Å². The summed E-state index contributed by atoms with van der Waals surface area (Å²) in [5, 5.41) is 13.5. The molecule has 8 heteroatoms. The average molecular weight is 278 g/mol. The van der Waals surface area contributed by atoms with Crippen LogP contribution in [0.1, 0.15) is 6.92 Å². The van der Waals surface area contributed by atoms with E-state index in [1.54, 1.807) is 21.0 Å². The summed E-state index contributed by atoms with van der Waals surface area (Å²) in [4.78, 5) is 27.4. The standard InChI is InChI=1S/C12H14N4O4/c1-7(11(17)15(2)3)13-12-14-9-5-4-8(16(18)19)6-10(9)20-12/h4-7H,1-3H3,(H,13,14). The first kappa shape index (κ1) is 13.8. The number of nitro benzene ring substituents is 1. The fraction of sp³-hybridized carbons (Fsp3) is 0.333. The minimum absolute atomic E-state index is 0.0717. The Labute approximate surface area is 114 Å². The second-order valence-corrected chi connectivity index (χ2v) is 4.53. The molecule has 106 valence electrons. The van der Waals surface area contributed by atoms with Gasteiger partial charge in [0, 0.05) is 20.2 Å². The van der Waals surface area contributed by atoms with Gasteiger partial charge >= 0.3 is 0 Å². The molecule has 0 aliphatic carbocycles. The summed E-state index contributed by atoms with van der Waals surface area (Å²) in [6.45, 7) is 1.68. The summed E-state index contributed by atoms with van der Waals surface area (Å²) in [7, 11) is 3.30. The molecule has 1 heterocycles. The van der Waals surface area contributed by atoms with E-state index in [0.29, 0.717) is 11.1 Å². The van der Waals surface area contributed by atoms with Crippen LogP contribution in [0.5, 0.6) is 0 Å². The Morgan fingerprint density at radius 2 is 2.20 bits per heavy atom. The molecule has 1 amide bonds. The first-order valence-electron chi connectivity index (χ1n) is 5.91. The molecule has 0 spiro atoms. The van der Waals surface area contributed by atoms with Crippen LogP contribution < -0.4 is 5.32 Å². The number of carbonyl (C=O) groups is 1. The number of nitrogens with one attached hydrogen (secondary N) is 1. The molecule has 0 saturated heterocycles. The molecule has 8 nitrogen and oxygen atoms in total. The number of anilines is 1. The Kier molecular flexibility index (Phi) is 3.55. The highest BCUT2D eigenvalue weighted by Crippen LogP contribution is 2.23. The van der Waals surface area contributed by atoms with Crippen LogP contribution in [0.2, 0.25) is 0 Å². The smallest absolute Gasteiger partial charge is 0.296 e. The summed E-state index contributed by atoms with van der Waals surface area (Å²) in [5.74, 6) is -0.127. The lowest BCUT2D eigenvalue weighted by Gasteiger charge is -2.16. The predicted octanol–water partition coefficient (Wildman–Crippen LogP) is 1.62. The SMILES string of the molecule is CC(Nc1nc2ccc([N+](=O)[O-])cc2o1)C(=O)N(C)C. The molecule has 0 fully saturated rings. The van der Waals surface area contributed by atoms with Gasteiger partial charge in [0.1, 0.15) is 11.6 Å². The third-order valence-electron chi connectivity index (χ3n) is 2.73. The number of nitrogens with zero attached hydrogens (tertiary/aromatic N) is 3. The first-order chi connectivity index (χ1) is 9.38. The van der Waals surface area contributed by atoms with Crippen molar-refractivity contribution in [1.82, 2.24) is 9.88 Å². The van der Waals surface area contributed by atoms with Crippen LogP contribution in [0, 0.1) is 10.1 Å². The number of non-ortho nitro benzene ring substituents is 1. The summed E-state index contributed by atoms with van der Waals surface area (Å²) in [6.07, 6.45) is 0. The van der Waals surface area contributed by atoms with Crippen molar-refractivity contribution in [2.45, 2.75) is 13.0 Å². The van der Waals surface area contributed by atoms with E-state index in [0.717, 1.165) is 0 Å². The van der Waals surface area contributed by atoms with Gasteiger partial charge in [0.25, 0.3) is 11.7 Å². The molecule has 1 unspecified atom stereocenters. The van der Waals surface area contributed by atoms with Gasteiger partial charge < -0.3 is 14.6 Å². The van der Waals surface area contributed by atoms with Crippen molar-refractivity contribution in [3.05, 3.63) is 28.3 Å². The molecule has 2 rings (SSSR count). The van der Waals surface area contributed by atoms with Crippen molar-refractivity contribution < 1.29 is 14.1 Å². The van der Waals surface area contributed by atoms with Crippen LogP contribution in [-0.4, -0.2) is 40.9 Å². The topological polar surface area (TPSA) is 102 Å². The van der Waals surface area contributed by atoms with Crippen LogP contribution in [0.25, 0.3) is 11.1 Å². The number of hydrogen-bond acceptors (Lipinski definition) is 6. The number of likely N-dealkylation sites (N-methyl/N-ethyl adjacent to an activating group) is 1. The van der Waals surface area contributed by atoms with E-state index in [9.17, 15) is 14.9 Å². The second-order valence-electron chi connectivity index (χ2n) is 4.53. The third kappa shape index (κ3) is 2.68. The van der Waals surface area contributed by atoms with Crippen molar-refractivity contribution in [2.24, 2.45) is 0 Å². The van der Waals surface area contributed by atoms with Gasteiger partial charge in [-0.3, -0.25) is 14.9 Å². The quantitative estimate of drug-likeness (QED) is 0.673. The zero-order valence-electron chi connectivity index (χ0n) is 11.3. The lowest BCUT2D eigenvalue weighted by Crippen LogP contribution is -2.36. The number of aromatic nitrogens is 1. The Bertz CT molecular complexity index is 665. The number of benzene rings is 1. The van der Waals surface area contributed by atoms with E-state index >= 15 is 0 Å². The normalized spacial score (nSPS) is 12.2. The maximum absolute atomic E-state index is 11.7. The van der Waals surface area contributed by atoms with Crippen LogP contribution in [-0.2, 0) is 4.79 Å². The molecule has 0 radical (unpaired) electrons. The summed E-state index contributed by atoms with van der Waals surface area (Å²) >= 11 is 0. The fourth-order valence-electron chi connectivity index (χ4n) is 1.72. The maximum atomic E-state index is 11.7. The predicted molar refractivity (Wildman–Crippen MR) is 72.4 cm³/mol. The largest absolute Gasteiger partial charge is 0.423 e. The highest BCUT2D eigenvalue weighted by molar-refractivity contribution is 5.84. The first-order valence-corrected chi connectivity index (χ1v) is 5.91. The number of oxazole rings is 1. The van der Waals surface area contributed by atoms with Crippen LogP contribution in [0.4, 0.5) is 11.7 Å². The van der Waals surface area contributed by atoms with Crippen LogP contribution in [0.15, 0.2) is 22.6 Å². The number of nitro groups is 1. The van der Waals surface area contributed by atoms with Gasteiger partial charge in [0.15, 0.2) is 5.58 Å². The van der Waals surface area contributed by atoms with Gasteiger partial charge in [-0.1, -0.05) is 0 Å². The number of fused-ring (bicyclic) bond motifs is 1. The summed E-state index contributed by atoms with van der Waals surface area (Å²) in [6, 6.07) is 3.80. The van der Waals surface area contributed by atoms with E-state index in [2.05, 4.69) is 10.3 Å². The van der Waals surface area contributed by atoms with E-state index in [1.807, 2.05) is 0 Å². The van der Waals surface area contributed by atoms with Crippen LogP contribution >= 0.6 is 0 Å². The number of hydrogen-bond donors (Lipinski definition) is 1. The van der Waals surface area contributed by atoms with E-state index in [-0.39, 0.29) is 17.6 Å². The molecule has 1 aromatic carbocycles. The highest BCUT2D eigenvalue weighted by atomic mass is 16.6. The highest BCUT2D eigenvalue weighted by Gasteiger charge is 2.18. The van der Waals surface area contributed by atoms with Gasteiger partial charge in [0.2, 0.25) is 5.91 Å². The minimum Gasteiger partial charge on any atom is -0.423 e. The molecule has 0 saturated carbocycles. The number of carbonyl (C=O) groups excluding carboxylic acids is 1. The molecule has 2 aromatic rings. The van der Waals surface area contributed by atoms with Gasteiger partial charge in [-0.25, -0.2) is 0 Å². The molecular formula is C12H14N4O4. The van der Waals surface area contributed by atoms with E-state index < -0.39 is 11.0 Å². The van der Waals surface area contributed by atoms with E-state index in [1.165, 1.54) is 23.1 Å². The molecule has 20 heavy (non-hydrogen) atoms. The van der Waals surface area contributed by atoms with Crippen molar-refractivity contribution in [3.8, 4) is 0 Å². The number of rotatable bonds is 4. The lowest BCUT2D eigenvalue weighted by molar-refractivity contribution is -0.384. The average Bonchev–Trinajstić information content (AvgIpc) is 2.78. The monoisotopic (exact) mass is 278 g/mol. The second kappa shape index (κ2) is 5.16. The maximum Gasteiger partial charge on any atom is 0.296 e. The zero-order valence-corrected chi connectivity index (χ0v) is 11.3. The molecule has 1 N–H and O–H groups in total. The molecule has 1 aromatic heterocycles. The van der Waals surface area contributed by atoms with Gasteiger partial charge in [-0.2, -0.15) is 4.98 Å². The summed E-state index contributed by atoms with van der Waals surface area (Å²) < 4.78 is 5.36. The van der Waals surface area contributed by atoms with Crippen molar-refractivity contribution in [1.29, 1.82) is 0 Å². The van der Waals surface area contributed by atoms with Crippen molar-refractivity contribution in [3.63, 3.8) is 0 Å². The van der Waals surface area contributed by atoms with Gasteiger partial charge in [-0.15, -0.1) is 0 Å². The van der Waals surface area contributed by atoms with Crippen LogP contribution in [0.3, 0.4) is 0 Å². The molecule has 1 atom stereocenters. The molecular weight excluding hydrogens is 264 g/mol. The molecule has 0 bridgehead atoms.